The third kappa shape index (κ3) is 3.07. The minimum Gasteiger partial charge on any atom is -0.310 e. The summed E-state index contributed by atoms with van der Waals surface area (Å²) in [5.74, 6) is 0.767. The van der Waals surface area contributed by atoms with E-state index in [2.05, 4.69) is 12.2 Å². The average Bonchev–Trinajstić information content (AvgIpc) is 2.84. The van der Waals surface area contributed by atoms with Crippen LogP contribution in [0.3, 0.4) is 0 Å². The van der Waals surface area contributed by atoms with Crippen molar-refractivity contribution in [3.8, 4) is 0 Å². The Hall–Kier alpha value is -1.42. The summed E-state index contributed by atoms with van der Waals surface area (Å²) in [5, 5.41) is 14.2. The normalized spacial score (nSPS) is 23.2. The molecule has 0 amide bonds. The first-order valence-electron chi connectivity index (χ1n) is 6.67. The molecule has 1 aromatic carbocycles. The summed E-state index contributed by atoms with van der Waals surface area (Å²) in [7, 11) is 0. The van der Waals surface area contributed by atoms with E-state index in [9.17, 15) is 10.1 Å². The van der Waals surface area contributed by atoms with Gasteiger partial charge in [-0.3, -0.25) is 10.1 Å². The summed E-state index contributed by atoms with van der Waals surface area (Å²) in [6.45, 7) is 2.96. The van der Waals surface area contributed by atoms with Crippen molar-refractivity contribution >= 4 is 5.69 Å². The maximum Gasteiger partial charge on any atom is 0.269 e. The lowest BCUT2D eigenvalue weighted by Crippen LogP contribution is -2.31. The largest absolute Gasteiger partial charge is 0.310 e. The summed E-state index contributed by atoms with van der Waals surface area (Å²) in [6, 6.07) is 7.46. The van der Waals surface area contributed by atoms with Gasteiger partial charge < -0.3 is 5.32 Å². The second kappa shape index (κ2) is 5.96. The van der Waals surface area contributed by atoms with Crippen LogP contribution >= 0.6 is 0 Å². The molecule has 0 aliphatic heterocycles. The highest BCUT2D eigenvalue weighted by molar-refractivity contribution is 5.34. The number of non-ortho nitro benzene ring substituents is 1. The van der Waals surface area contributed by atoms with Gasteiger partial charge in [-0.1, -0.05) is 31.9 Å². The molecule has 1 aliphatic carbocycles. The molecule has 1 N–H and O–H groups in total. The fraction of sp³-hybridized carbons (Fsp3) is 0.571. The predicted molar refractivity (Wildman–Crippen MR) is 71.4 cm³/mol. The number of nitrogens with zero attached hydrogens (tertiary/aromatic N) is 1. The van der Waals surface area contributed by atoms with E-state index in [1.165, 1.54) is 31.7 Å². The zero-order valence-electron chi connectivity index (χ0n) is 10.8. The second-order valence-electron chi connectivity index (χ2n) is 5.01. The van der Waals surface area contributed by atoms with Gasteiger partial charge in [0.05, 0.1) is 4.92 Å². The van der Waals surface area contributed by atoms with E-state index in [4.69, 9.17) is 0 Å². The summed E-state index contributed by atoms with van der Waals surface area (Å²) in [4.78, 5) is 10.4. The Morgan fingerprint density at radius 3 is 3.00 bits per heavy atom. The van der Waals surface area contributed by atoms with Crippen LogP contribution in [0, 0.1) is 16.0 Å². The monoisotopic (exact) mass is 248 g/mol. The Kier molecular flexibility index (Phi) is 4.31. The molecule has 1 fully saturated rings. The Morgan fingerprint density at radius 1 is 1.44 bits per heavy atom. The van der Waals surface area contributed by atoms with Gasteiger partial charge in [0.2, 0.25) is 0 Å². The molecule has 0 bridgehead atoms. The van der Waals surface area contributed by atoms with Crippen LogP contribution in [0.1, 0.15) is 38.2 Å². The lowest BCUT2D eigenvalue weighted by Gasteiger charge is -2.19. The van der Waals surface area contributed by atoms with Crippen molar-refractivity contribution in [3.05, 3.63) is 39.9 Å². The van der Waals surface area contributed by atoms with Crippen LogP contribution in [-0.2, 0) is 6.54 Å². The average molecular weight is 248 g/mol. The van der Waals surface area contributed by atoms with Crippen molar-refractivity contribution in [2.24, 2.45) is 5.92 Å². The Labute approximate surface area is 108 Å². The molecule has 0 saturated heterocycles. The van der Waals surface area contributed by atoms with E-state index in [0.717, 1.165) is 18.0 Å². The van der Waals surface area contributed by atoms with Gasteiger partial charge in [-0.05, 0) is 24.3 Å². The highest BCUT2D eigenvalue weighted by atomic mass is 16.6. The topological polar surface area (TPSA) is 55.2 Å². The van der Waals surface area contributed by atoms with Crippen LogP contribution in [0.4, 0.5) is 5.69 Å². The van der Waals surface area contributed by atoms with Gasteiger partial charge in [-0.2, -0.15) is 0 Å². The Bertz CT molecular complexity index is 420. The molecule has 0 spiro atoms. The number of hydrogen-bond acceptors (Lipinski definition) is 3. The number of nitro groups is 1. The van der Waals surface area contributed by atoms with E-state index in [0.29, 0.717) is 6.04 Å². The minimum absolute atomic E-state index is 0.174. The lowest BCUT2D eigenvalue weighted by atomic mass is 10.0. The van der Waals surface area contributed by atoms with E-state index in [-0.39, 0.29) is 10.6 Å². The van der Waals surface area contributed by atoms with Crippen LogP contribution in [0.2, 0.25) is 0 Å². The van der Waals surface area contributed by atoms with E-state index >= 15 is 0 Å². The zero-order chi connectivity index (χ0) is 13.0. The number of benzene rings is 1. The predicted octanol–water partition coefficient (Wildman–Crippen LogP) is 3.26. The molecular formula is C14H20N2O2. The van der Waals surface area contributed by atoms with Crippen LogP contribution in [-0.4, -0.2) is 11.0 Å². The standard InChI is InChI=1S/C14H20N2O2/c1-2-12-6-4-8-14(12)15-10-11-5-3-7-13(9-11)16(17)18/h3,5,7,9,12,14-15H,2,4,6,8,10H2,1H3. The van der Waals surface area contributed by atoms with E-state index in [1.54, 1.807) is 12.1 Å². The quantitative estimate of drug-likeness (QED) is 0.642. The van der Waals surface area contributed by atoms with Crippen molar-refractivity contribution in [1.29, 1.82) is 0 Å². The first-order chi connectivity index (χ1) is 8.70. The maximum atomic E-state index is 10.7. The van der Waals surface area contributed by atoms with Crippen molar-refractivity contribution in [2.75, 3.05) is 0 Å². The fourth-order valence-electron chi connectivity index (χ4n) is 2.82. The molecule has 1 aromatic rings. The third-order valence-electron chi connectivity index (χ3n) is 3.87. The van der Waals surface area contributed by atoms with Crippen LogP contribution in [0.25, 0.3) is 0 Å². The molecule has 4 nitrogen and oxygen atoms in total. The molecular weight excluding hydrogens is 228 g/mol. The van der Waals surface area contributed by atoms with E-state index in [1.807, 2.05) is 6.07 Å². The zero-order valence-corrected chi connectivity index (χ0v) is 10.8. The fourth-order valence-corrected chi connectivity index (χ4v) is 2.82. The molecule has 1 aliphatic rings. The molecule has 2 rings (SSSR count). The number of rotatable bonds is 5. The van der Waals surface area contributed by atoms with Crippen molar-refractivity contribution in [1.82, 2.24) is 5.32 Å². The van der Waals surface area contributed by atoms with Gasteiger partial charge in [0, 0.05) is 24.7 Å². The van der Waals surface area contributed by atoms with Crippen LogP contribution in [0.15, 0.2) is 24.3 Å². The van der Waals surface area contributed by atoms with Gasteiger partial charge in [0.25, 0.3) is 5.69 Å². The molecule has 2 atom stereocenters. The van der Waals surface area contributed by atoms with Gasteiger partial charge in [0.1, 0.15) is 0 Å². The number of hydrogen-bond donors (Lipinski definition) is 1. The minimum atomic E-state index is -0.339. The summed E-state index contributed by atoms with van der Waals surface area (Å²) in [6.07, 6.45) is 5.05. The van der Waals surface area contributed by atoms with Crippen LogP contribution < -0.4 is 5.32 Å². The molecule has 0 radical (unpaired) electrons. The molecule has 98 valence electrons. The smallest absolute Gasteiger partial charge is 0.269 e. The molecule has 4 heteroatoms. The van der Waals surface area contributed by atoms with Gasteiger partial charge in [0.15, 0.2) is 0 Å². The lowest BCUT2D eigenvalue weighted by molar-refractivity contribution is -0.384. The highest BCUT2D eigenvalue weighted by Crippen LogP contribution is 2.28. The first-order valence-corrected chi connectivity index (χ1v) is 6.67. The number of nitro benzene ring substituents is 1. The number of nitrogens with one attached hydrogen (secondary N) is 1. The molecule has 0 heterocycles. The highest BCUT2D eigenvalue weighted by Gasteiger charge is 2.24. The van der Waals surface area contributed by atoms with Crippen molar-refractivity contribution in [2.45, 2.75) is 45.2 Å². The molecule has 1 saturated carbocycles. The van der Waals surface area contributed by atoms with Crippen molar-refractivity contribution < 1.29 is 4.92 Å². The van der Waals surface area contributed by atoms with E-state index < -0.39 is 0 Å². The Balaban J connectivity index is 1.93. The second-order valence-corrected chi connectivity index (χ2v) is 5.01. The van der Waals surface area contributed by atoms with Gasteiger partial charge in [-0.15, -0.1) is 0 Å². The van der Waals surface area contributed by atoms with Gasteiger partial charge >= 0.3 is 0 Å². The van der Waals surface area contributed by atoms with Crippen molar-refractivity contribution in [3.63, 3.8) is 0 Å². The molecule has 18 heavy (non-hydrogen) atoms. The molecule has 2 unspecified atom stereocenters. The van der Waals surface area contributed by atoms with Crippen LogP contribution in [0.5, 0.6) is 0 Å². The maximum absolute atomic E-state index is 10.7. The Morgan fingerprint density at radius 2 is 2.28 bits per heavy atom. The summed E-state index contributed by atoms with van der Waals surface area (Å²) < 4.78 is 0. The summed E-state index contributed by atoms with van der Waals surface area (Å²) in [5.41, 5.74) is 1.17. The SMILES string of the molecule is CCC1CCCC1NCc1cccc([N+](=O)[O-])c1. The molecule has 0 aromatic heterocycles. The first kappa shape index (κ1) is 13.0. The van der Waals surface area contributed by atoms with Gasteiger partial charge in [-0.25, -0.2) is 0 Å². The summed E-state index contributed by atoms with van der Waals surface area (Å²) >= 11 is 0. The third-order valence-corrected chi connectivity index (χ3v) is 3.87.